The van der Waals surface area contributed by atoms with E-state index in [2.05, 4.69) is 15.0 Å². The van der Waals surface area contributed by atoms with E-state index in [4.69, 9.17) is 10.8 Å². The summed E-state index contributed by atoms with van der Waals surface area (Å²) in [5.74, 6) is -1.48. The van der Waals surface area contributed by atoms with Gasteiger partial charge < -0.3 is 17.0 Å². The third-order valence-corrected chi connectivity index (χ3v) is 2.37. The number of primary amides is 1. The molecule has 0 fully saturated rings. The second kappa shape index (κ2) is 12.9. The fourth-order valence-corrected chi connectivity index (χ4v) is 1.31. The predicted molar refractivity (Wildman–Crippen MR) is 95.3 cm³/mol. The highest BCUT2D eigenvalue weighted by Gasteiger charge is 1.99. The van der Waals surface area contributed by atoms with Crippen molar-refractivity contribution in [2.45, 2.75) is 0 Å². The quantitative estimate of drug-likeness (QED) is 0.645. The van der Waals surface area contributed by atoms with Crippen molar-refractivity contribution in [2.75, 3.05) is 0 Å². The van der Waals surface area contributed by atoms with E-state index in [1.807, 2.05) is 18.2 Å². The molecule has 0 aromatic carbocycles. The SMILES string of the molecule is N.NC(=O)c1ccccn1.O=C(O)c1ccccn1.[2HH].c1ccncc1. The Morgan fingerprint density at radius 1 is 0.800 bits per heavy atom. The second-order valence-corrected chi connectivity index (χ2v) is 4.12. The van der Waals surface area contributed by atoms with E-state index in [0.717, 1.165) is 0 Å². The molecule has 25 heavy (non-hydrogen) atoms. The van der Waals surface area contributed by atoms with E-state index in [9.17, 15) is 9.59 Å². The summed E-state index contributed by atoms with van der Waals surface area (Å²) < 4.78 is 0. The number of carboxylic acid groups (broad SMARTS) is 1. The average Bonchev–Trinajstić information content (AvgIpc) is 2.65. The number of aromatic carboxylic acids is 1. The monoisotopic (exact) mass is 344 g/mol. The van der Waals surface area contributed by atoms with Crippen LogP contribution in [0.25, 0.3) is 0 Å². The molecule has 0 spiro atoms. The van der Waals surface area contributed by atoms with Crippen molar-refractivity contribution < 1.29 is 16.1 Å². The molecule has 8 heteroatoms. The van der Waals surface area contributed by atoms with Gasteiger partial charge in [0.05, 0.1) is 0 Å². The van der Waals surface area contributed by atoms with Crippen LogP contribution in [-0.2, 0) is 0 Å². The number of nitrogens with zero attached hydrogens (tertiary/aromatic N) is 3. The molecule has 0 saturated carbocycles. The van der Waals surface area contributed by atoms with E-state index < -0.39 is 11.9 Å². The summed E-state index contributed by atoms with van der Waals surface area (Å²) in [7, 11) is 0. The van der Waals surface area contributed by atoms with E-state index in [1.165, 1.54) is 18.5 Å². The lowest BCUT2D eigenvalue weighted by Crippen LogP contribution is -2.12. The Labute approximate surface area is 146 Å². The zero-order valence-corrected chi connectivity index (χ0v) is 13.4. The molecule has 0 aliphatic carbocycles. The number of amides is 1. The summed E-state index contributed by atoms with van der Waals surface area (Å²) in [4.78, 5) is 31.6. The molecule has 0 unspecified atom stereocenters. The zero-order chi connectivity index (χ0) is 17.6. The van der Waals surface area contributed by atoms with Crippen LogP contribution in [0, 0.1) is 0 Å². The molecule has 132 valence electrons. The fourth-order valence-electron chi connectivity index (χ4n) is 1.31. The summed E-state index contributed by atoms with van der Waals surface area (Å²) in [6, 6.07) is 15.5. The summed E-state index contributed by atoms with van der Waals surface area (Å²) in [5, 5.41) is 8.32. The van der Waals surface area contributed by atoms with Crippen molar-refractivity contribution in [3.05, 3.63) is 90.8 Å². The van der Waals surface area contributed by atoms with Crippen LogP contribution < -0.4 is 11.9 Å². The number of hydrogen-bond acceptors (Lipinski definition) is 6. The Morgan fingerprint density at radius 2 is 1.28 bits per heavy atom. The molecular formula is C17H21N5O3. The van der Waals surface area contributed by atoms with Gasteiger partial charge in [-0.3, -0.25) is 14.8 Å². The fraction of sp³-hybridized carbons (Fsp3) is 0. The number of aromatic nitrogens is 3. The van der Waals surface area contributed by atoms with Gasteiger partial charge in [-0.2, -0.15) is 0 Å². The van der Waals surface area contributed by atoms with Crippen molar-refractivity contribution in [3.63, 3.8) is 0 Å². The minimum absolute atomic E-state index is 0. The Morgan fingerprint density at radius 3 is 1.48 bits per heavy atom. The lowest BCUT2D eigenvalue weighted by atomic mass is 10.3. The highest BCUT2D eigenvalue weighted by Crippen LogP contribution is 1.90. The maximum Gasteiger partial charge on any atom is 0.354 e. The number of nitrogens with two attached hydrogens (primary N) is 1. The van der Waals surface area contributed by atoms with Gasteiger partial charge in [0, 0.05) is 26.2 Å². The molecule has 3 heterocycles. The smallest absolute Gasteiger partial charge is 0.354 e. The Hall–Kier alpha value is -3.65. The molecule has 8 nitrogen and oxygen atoms in total. The van der Waals surface area contributed by atoms with E-state index in [-0.39, 0.29) is 13.3 Å². The molecule has 0 radical (unpaired) electrons. The molecule has 3 aromatic heterocycles. The predicted octanol–water partition coefficient (Wildman–Crippen LogP) is 2.45. The largest absolute Gasteiger partial charge is 0.477 e. The Bertz CT molecular complexity index is 655. The maximum atomic E-state index is 10.4. The average molecular weight is 344 g/mol. The summed E-state index contributed by atoms with van der Waals surface area (Å²) >= 11 is 0. The molecule has 6 N–H and O–H groups in total. The number of carbonyl (C=O) groups excluding carboxylic acids is 1. The van der Waals surface area contributed by atoms with Gasteiger partial charge >= 0.3 is 5.97 Å². The van der Waals surface area contributed by atoms with Crippen molar-refractivity contribution >= 4 is 11.9 Å². The van der Waals surface area contributed by atoms with Crippen LogP contribution in [-0.4, -0.2) is 31.9 Å². The van der Waals surface area contributed by atoms with Gasteiger partial charge in [-0.05, 0) is 36.4 Å². The van der Waals surface area contributed by atoms with Crippen LogP contribution in [0.15, 0.2) is 79.4 Å². The Kier molecular flexibility index (Phi) is 11.0. The van der Waals surface area contributed by atoms with Crippen molar-refractivity contribution in [1.82, 2.24) is 21.1 Å². The third-order valence-electron chi connectivity index (χ3n) is 2.37. The first-order valence-electron chi connectivity index (χ1n) is 6.81. The molecule has 0 aliphatic heterocycles. The molecule has 1 amide bonds. The van der Waals surface area contributed by atoms with Crippen LogP contribution in [0.3, 0.4) is 0 Å². The second-order valence-electron chi connectivity index (χ2n) is 4.12. The van der Waals surface area contributed by atoms with Crippen molar-refractivity contribution in [1.29, 1.82) is 0 Å². The molecule has 0 bridgehead atoms. The molecule has 0 saturated heterocycles. The first kappa shape index (κ1) is 21.4. The van der Waals surface area contributed by atoms with Gasteiger partial charge in [-0.1, -0.05) is 18.2 Å². The van der Waals surface area contributed by atoms with Crippen LogP contribution in [0.5, 0.6) is 0 Å². The minimum atomic E-state index is -0.990. The van der Waals surface area contributed by atoms with Crippen LogP contribution in [0.2, 0.25) is 0 Å². The van der Waals surface area contributed by atoms with E-state index in [0.29, 0.717) is 5.69 Å². The van der Waals surface area contributed by atoms with Gasteiger partial charge in [0.1, 0.15) is 11.4 Å². The number of carbonyl (C=O) groups is 2. The molecule has 3 aromatic rings. The number of carboxylic acids is 1. The van der Waals surface area contributed by atoms with E-state index in [1.54, 1.807) is 42.7 Å². The van der Waals surface area contributed by atoms with Crippen molar-refractivity contribution in [2.24, 2.45) is 5.73 Å². The summed E-state index contributed by atoms with van der Waals surface area (Å²) in [6.45, 7) is 0. The normalized spacial score (nSPS) is 8.32. The molecule has 3 rings (SSSR count). The number of hydrogen-bond donors (Lipinski definition) is 3. The molecule has 0 atom stereocenters. The van der Waals surface area contributed by atoms with Crippen LogP contribution >= 0.6 is 0 Å². The van der Waals surface area contributed by atoms with Gasteiger partial charge in [-0.15, -0.1) is 0 Å². The summed E-state index contributed by atoms with van der Waals surface area (Å²) in [6.07, 6.45) is 6.48. The Balaban J connectivity index is 0. The first-order chi connectivity index (χ1) is 11.6. The highest BCUT2D eigenvalue weighted by atomic mass is 16.4. The molecule has 0 aliphatic rings. The van der Waals surface area contributed by atoms with Gasteiger partial charge in [0.15, 0.2) is 0 Å². The van der Waals surface area contributed by atoms with Crippen molar-refractivity contribution in [3.8, 4) is 0 Å². The molecular weight excluding hydrogens is 322 g/mol. The highest BCUT2D eigenvalue weighted by molar-refractivity contribution is 5.90. The number of pyridine rings is 3. The number of rotatable bonds is 2. The van der Waals surface area contributed by atoms with E-state index >= 15 is 0 Å². The first-order valence-corrected chi connectivity index (χ1v) is 6.81. The zero-order valence-electron chi connectivity index (χ0n) is 13.4. The summed E-state index contributed by atoms with van der Waals surface area (Å²) in [5.41, 5.74) is 5.30. The van der Waals surface area contributed by atoms with Crippen LogP contribution in [0.1, 0.15) is 22.4 Å². The standard InChI is InChI=1S/C6H6N2O.C6H5NO2.C5H5N.H3N.H2/c7-6(9)5-3-1-2-4-8-5;8-6(9)5-3-1-2-4-7-5;1-2-4-6-5-3-1;;/h1-4H,(H2,7,9);1-4H,(H,8,9);1-5H;1H3;1H/i;;;;1+1. The lowest BCUT2D eigenvalue weighted by Gasteiger charge is -1.88. The maximum absolute atomic E-state index is 10.4. The van der Waals surface area contributed by atoms with Gasteiger partial charge in [0.2, 0.25) is 0 Å². The van der Waals surface area contributed by atoms with Crippen LogP contribution in [0.4, 0.5) is 0 Å². The topological polar surface area (TPSA) is 154 Å². The minimum Gasteiger partial charge on any atom is -0.477 e. The van der Waals surface area contributed by atoms with Gasteiger partial charge in [-0.25, -0.2) is 9.78 Å². The third kappa shape index (κ3) is 9.87. The lowest BCUT2D eigenvalue weighted by molar-refractivity contribution is 0.0690. The van der Waals surface area contributed by atoms with Gasteiger partial charge in [0.25, 0.3) is 5.91 Å².